The van der Waals surface area contributed by atoms with E-state index in [9.17, 15) is 10.2 Å². The smallest absolute Gasteiger partial charge is 0.232 e. The molecular formula is C14H16N2O5. The molecule has 7 nitrogen and oxygen atoms in total. The average molecular weight is 292 g/mol. The molecule has 0 saturated carbocycles. The van der Waals surface area contributed by atoms with Crippen molar-refractivity contribution in [3.8, 4) is 5.88 Å². The first-order chi connectivity index (χ1) is 10.2. The summed E-state index contributed by atoms with van der Waals surface area (Å²) in [5, 5.41) is 19.5. The van der Waals surface area contributed by atoms with Gasteiger partial charge in [-0.2, -0.15) is 0 Å². The molecule has 112 valence electrons. The molecule has 1 fully saturated rings. The minimum Gasteiger partial charge on any atom is -0.474 e. The molecule has 3 rings (SSSR count). The monoisotopic (exact) mass is 292 g/mol. The van der Waals surface area contributed by atoms with E-state index >= 15 is 0 Å². The van der Waals surface area contributed by atoms with Crippen LogP contribution in [0.2, 0.25) is 0 Å². The Bertz CT molecular complexity index is 623. The molecule has 0 spiro atoms. The second-order valence-corrected chi connectivity index (χ2v) is 4.77. The number of aromatic nitrogens is 2. The van der Waals surface area contributed by atoms with Gasteiger partial charge >= 0.3 is 0 Å². The van der Waals surface area contributed by atoms with Crippen LogP contribution in [0.3, 0.4) is 0 Å². The van der Waals surface area contributed by atoms with Crippen molar-refractivity contribution < 1.29 is 24.4 Å². The molecule has 1 aromatic heterocycles. The lowest BCUT2D eigenvalue weighted by molar-refractivity contribution is -0.152. The zero-order chi connectivity index (χ0) is 14.8. The normalized spacial score (nSPS) is 28.9. The van der Waals surface area contributed by atoms with Crippen LogP contribution in [0, 0.1) is 0 Å². The molecule has 1 saturated heterocycles. The molecule has 21 heavy (non-hydrogen) atoms. The predicted molar refractivity (Wildman–Crippen MR) is 72.7 cm³/mol. The van der Waals surface area contributed by atoms with E-state index in [4.69, 9.17) is 14.2 Å². The van der Waals surface area contributed by atoms with Gasteiger partial charge in [-0.05, 0) is 12.1 Å². The first-order valence-corrected chi connectivity index (χ1v) is 6.58. The maximum Gasteiger partial charge on any atom is 0.232 e. The molecule has 0 unspecified atom stereocenters. The van der Waals surface area contributed by atoms with E-state index in [-0.39, 0.29) is 6.61 Å². The fraction of sp³-hybridized carbons (Fsp3) is 0.429. The highest BCUT2D eigenvalue weighted by molar-refractivity contribution is 5.73. The Morgan fingerprint density at radius 2 is 1.95 bits per heavy atom. The molecule has 0 radical (unpaired) electrons. The lowest BCUT2D eigenvalue weighted by Crippen LogP contribution is -2.35. The molecule has 0 aliphatic carbocycles. The Hall–Kier alpha value is -1.80. The fourth-order valence-electron chi connectivity index (χ4n) is 2.22. The Balaban J connectivity index is 1.66. The summed E-state index contributed by atoms with van der Waals surface area (Å²) in [6, 6.07) is 7.44. The zero-order valence-electron chi connectivity index (χ0n) is 11.4. The number of nitrogens with zero attached hydrogens (tertiary/aromatic N) is 2. The van der Waals surface area contributed by atoms with Crippen molar-refractivity contribution in [2.45, 2.75) is 24.6 Å². The quantitative estimate of drug-likeness (QED) is 0.825. The Kier molecular flexibility index (Phi) is 3.98. The summed E-state index contributed by atoms with van der Waals surface area (Å²) in [6.45, 7) is 0.0467. The summed E-state index contributed by atoms with van der Waals surface area (Å²) < 4.78 is 15.8. The van der Waals surface area contributed by atoms with Crippen molar-refractivity contribution >= 4 is 11.0 Å². The van der Waals surface area contributed by atoms with Gasteiger partial charge in [0.15, 0.2) is 6.29 Å². The van der Waals surface area contributed by atoms with Crippen molar-refractivity contribution in [1.82, 2.24) is 9.97 Å². The molecule has 2 N–H and O–H groups in total. The van der Waals surface area contributed by atoms with Crippen LogP contribution in [-0.4, -0.2) is 58.5 Å². The molecule has 4 atom stereocenters. The number of aliphatic hydroxyl groups is 2. The summed E-state index contributed by atoms with van der Waals surface area (Å²) in [6.07, 6.45) is -2.18. The number of methoxy groups -OCH3 is 1. The molecular weight excluding hydrogens is 276 g/mol. The Labute approximate surface area is 121 Å². The number of aliphatic hydroxyl groups excluding tert-OH is 2. The van der Waals surface area contributed by atoms with E-state index in [1.165, 1.54) is 13.3 Å². The van der Waals surface area contributed by atoms with Crippen molar-refractivity contribution in [3.63, 3.8) is 0 Å². The van der Waals surface area contributed by atoms with Crippen molar-refractivity contribution in [1.29, 1.82) is 0 Å². The maximum absolute atomic E-state index is 9.84. The van der Waals surface area contributed by atoms with E-state index in [2.05, 4.69) is 9.97 Å². The first kappa shape index (κ1) is 14.2. The van der Waals surface area contributed by atoms with Gasteiger partial charge in [-0.1, -0.05) is 12.1 Å². The van der Waals surface area contributed by atoms with Gasteiger partial charge in [0, 0.05) is 7.11 Å². The second-order valence-electron chi connectivity index (χ2n) is 4.77. The lowest BCUT2D eigenvalue weighted by atomic mass is 10.1. The summed E-state index contributed by atoms with van der Waals surface area (Å²) in [5.41, 5.74) is 1.49. The highest BCUT2D eigenvalue weighted by Crippen LogP contribution is 2.22. The minimum atomic E-state index is -1.09. The van der Waals surface area contributed by atoms with Crippen LogP contribution in [0.25, 0.3) is 11.0 Å². The molecule has 7 heteroatoms. The predicted octanol–water partition coefficient (Wildman–Crippen LogP) is 0.102. The average Bonchev–Trinajstić information content (AvgIpc) is 2.80. The van der Waals surface area contributed by atoms with Crippen molar-refractivity contribution in [3.05, 3.63) is 30.5 Å². The van der Waals surface area contributed by atoms with Gasteiger partial charge in [-0.25, -0.2) is 9.97 Å². The molecule has 2 heterocycles. The molecule has 0 bridgehead atoms. The Morgan fingerprint density at radius 3 is 2.67 bits per heavy atom. The maximum atomic E-state index is 9.84. The van der Waals surface area contributed by atoms with E-state index < -0.39 is 24.6 Å². The summed E-state index contributed by atoms with van der Waals surface area (Å²) in [5.74, 6) is 0.333. The highest BCUT2D eigenvalue weighted by Gasteiger charge is 2.43. The third kappa shape index (κ3) is 2.81. The van der Waals surface area contributed by atoms with Gasteiger partial charge in [-0.15, -0.1) is 0 Å². The van der Waals surface area contributed by atoms with Gasteiger partial charge in [0.25, 0.3) is 0 Å². The van der Waals surface area contributed by atoms with Crippen LogP contribution < -0.4 is 4.74 Å². The van der Waals surface area contributed by atoms with Gasteiger partial charge in [0.05, 0.1) is 17.2 Å². The number of hydrogen-bond acceptors (Lipinski definition) is 7. The van der Waals surface area contributed by atoms with Crippen molar-refractivity contribution in [2.75, 3.05) is 13.7 Å². The van der Waals surface area contributed by atoms with Crippen LogP contribution in [0.1, 0.15) is 0 Å². The van der Waals surface area contributed by atoms with Gasteiger partial charge in [-0.3, -0.25) is 0 Å². The Morgan fingerprint density at radius 1 is 1.19 bits per heavy atom. The van der Waals surface area contributed by atoms with Crippen LogP contribution >= 0.6 is 0 Å². The minimum absolute atomic E-state index is 0.0467. The number of fused-ring (bicyclic) bond motifs is 1. The molecule has 0 amide bonds. The largest absolute Gasteiger partial charge is 0.474 e. The van der Waals surface area contributed by atoms with Crippen LogP contribution in [-0.2, 0) is 9.47 Å². The molecule has 1 aliphatic rings. The number of para-hydroxylation sites is 2. The van der Waals surface area contributed by atoms with Gasteiger partial charge in [0.2, 0.25) is 5.88 Å². The van der Waals surface area contributed by atoms with E-state index in [0.717, 1.165) is 11.0 Å². The molecule has 1 aliphatic heterocycles. The number of hydrogen-bond donors (Lipinski definition) is 2. The molecule has 2 aromatic rings. The highest BCUT2D eigenvalue weighted by atomic mass is 16.7. The number of ether oxygens (including phenoxy) is 3. The topological polar surface area (TPSA) is 93.9 Å². The molecule has 1 aromatic carbocycles. The second kappa shape index (κ2) is 5.90. The van der Waals surface area contributed by atoms with Crippen molar-refractivity contribution in [2.24, 2.45) is 0 Å². The number of rotatable bonds is 4. The number of benzene rings is 1. The van der Waals surface area contributed by atoms with Gasteiger partial charge < -0.3 is 24.4 Å². The standard InChI is InChI=1S/C14H16N2O5/c1-19-14-13(18)12(17)10(21-14)7-20-11-6-15-8-4-2-3-5-9(8)16-11/h2-6,10,12-14,17-18H,7H2,1H3/t10-,12-,13-,14-/m1/s1. The fourth-order valence-corrected chi connectivity index (χ4v) is 2.22. The third-order valence-electron chi connectivity index (χ3n) is 3.37. The summed E-state index contributed by atoms with van der Waals surface area (Å²) in [4.78, 5) is 8.53. The van der Waals surface area contributed by atoms with Crippen LogP contribution in [0.15, 0.2) is 30.5 Å². The lowest BCUT2D eigenvalue weighted by Gasteiger charge is -2.14. The van der Waals surface area contributed by atoms with Crippen LogP contribution in [0.5, 0.6) is 5.88 Å². The first-order valence-electron chi connectivity index (χ1n) is 6.58. The van der Waals surface area contributed by atoms with E-state index in [0.29, 0.717) is 5.88 Å². The van der Waals surface area contributed by atoms with Crippen LogP contribution in [0.4, 0.5) is 0 Å². The van der Waals surface area contributed by atoms with E-state index in [1.807, 2.05) is 24.3 Å². The summed E-state index contributed by atoms with van der Waals surface area (Å²) in [7, 11) is 1.40. The third-order valence-corrected chi connectivity index (χ3v) is 3.37. The van der Waals surface area contributed by atoms with Gasteiger partial charge in [0.1, 0.15) is 24.9 Å². The SMILES string of the molecule is CO[C@@H]1O[C@H](COc2cnc3ccccc3n2)[C@@H](O)[C@H]1O. The van der Waals surface area contributed by atoms with E-state index in [1.54, 1.807) is 0 Å². The zero-order valence-corrected chi connectivity index (χ0v) is 11.4. The summed E-state index contributed by atoms with van der Waals surface area (Å²) >= 11 is 0.